The first-order chi connectivity index (χ1) is 58.8. The van der Waals surface area contributed by atoms with Gasteiger partial charge in [0.2, 0.25) is 11.8 Å². The van der Waals surface area contributed by atoms with Gasteiger partial charge in [0, 0.05) is 64.5 Å². The number of carbonyl (C=O) groups is 8. The lowest BCUT2D eigenvalue weighted by atomic mass is 9.97. The number of Topliss-reactive ketones (excluding diaryl/α,β-unsaturated/α-hetero) is 1. The third kappa shape index (κ3) is 39.1. The van der Waals surface area contributed by atoms with Gasteiger partial charge in [-0.25, -0.2) is 19.2 Å². The van der Waals surface area contributed by atoms with Gasteiger partial charge >= 0.3 is 30.1 Å². The lowest BCUT2D eigenvalue weighted by molar-refractivity contribution is -0.347. The number of carbonyl (C=O) groups excluding carboxylic acids is 7. The zero-order valence-corrected chi connectivity index (χ0v) is 71.8. The molecule has 0 aromatic carbocycles. The molecule has 1 aliphatic carbocycles. The average Bonchev–Trinajstić information content (AvgIpc) is 0.794. The monoisotopic (exact) mass is 1770 g/mol. The molecule has 15 N–H and O–H groups in total. The number of hydrogen-bond acceptors (Lipinski definition) is 34. The molecular weight excluding hydrogens is 1650 g/mol. The molecule has 4 amide bonds. The molecular formula is C83H130N4O33S2. The number of rotatable bonds is 56. The topological polar surface area (TPSA) is 536 Å². The van der Waals surface area contributed by atoms with Gasteiger partial charge in [0.15, 0.2) is 37.4 Å². The molecule has 4 aliphatic heterocycles. The Morgan fingerprint density at radius 2 is 0.934 bits per heavy atom. The Labute approximate surface area is 720 Å². The van der Waals surface area contributed by atoms with E-state index in [2.05, 4.69) is 101 Å². The van der Waals surface area contributed by atoms with Crippen LogP contribution in [0.15, 0.2) is 72.9 Å². The lowest BCUT2D eigenvalue weighted by Crippen LogP contribution is -2.64. The number of allylic oxidation sites excluding steroid dienone is 12. The predicted octanol–water partition coefficient (Wildman–Crippen LogP) is 2.73. The van der Waals surface area contributed by atoms with Crippen LogP contribution in [0.4, 0.5) is 9.59 Å². The molecule has 4 saturated heterocycles. The van der Waals surface area contributed by atoms with Gasteiger partial charge < -0.3 is 144 Å². The standard InChI is InChI=1S/C83H130N4O33S2/c1-6-9-10-11-12-13-14-15-16-17-18-19-20-21-22-23-24-26-29-36-53(88)45-52(75(101)102)51-122-121-44-41-61(89)84-42-34-32-39-55(76(103)109-7-2)86-82(105)119-73-65(93)59(115-78(108-5)71(73)99)48-112-80-70(98)68(96)64(92)58(117-80)47-114-81-72(100)74(66(94)60(118-81)49-113-79-69(97)67(95)63(91)57(116-79)46-107-4)120-83(106)87-56(77(104)110-8-3)40-33-35-43-85-62(90)50-111-54-37-30-27-25-28-31-38-54/h9-10,12-13,15-16,18-19,21-22,24,26,52,54-60,63-74,78-81,91-100H,6-8,11,14,17,20,23,25,27-30,32-37,39-51H2,1-5H3,(H,84,89)(H,85,90)(H,86,105)(H,87,106)(H,101,102)/b10-9-,13-12-,16-15-,19-18-,22-21-,26-24-/t52-,54?,55+,56+,57?,58?,59?,60?,63-,64-,65-,66-,67+,68+,69?,70?,71?,72?,73+,74+,78+,79-,80-,81+/m1/s1. The third-order valence-electron chi connectivity index (χ3n) is 19.9. The van der Waals surface area contributed by atoms with E-state index in [0.29, 0.717) is 31.4 Å². The quantitative estimate of drug-likeness (QED) is 0.0104. The van der Waals surface area contributed by atoms with E-state index in [1.54, 1.807) is 0 Å². The number of methoxy groups -OCH3 is 2. The Bertz CT molecular complexity index is 3330. The second-order valence-corrected chi connectivity index (χ2v) is 32.0. The largest absolute Gasteiger partial charge is 0.481 e. The normalized spacial score (nSPS) is 29.1. The molecule has 0 bridgehead atoms. The van der Waals surface area contributed by atoms with Crippen LogP contribution < -0.4 is 21.3 Å². The molecule has 5 rings (SSSR count). The number of hydrogen-bond donors (Lipinski definition) is 15. The smallest absolute Gasteiger partial charge is 0.408 e. The van der Waals surface area contributed by atoms with E-state index in [4.69, 9.17) is 66.3 Å². The zero-order chi connectivity index (χ0) is 89.1. The van der Waals surface area contributed by atoms with Crippen LogP contribution in [0.2, 0.25) is 0 Å². The number of aliphatic hydroxyl groups excluding tert-OH is 10. The summed E-state index contributed by atoms with van der Waals surface area (Å²) in [6.45, 7) is 2.37. The molecule has 39 heteroatoms. The van der Waals surface area contributed by atoms with Crippen LogP contribution >= 0.6 is 21.6 Å². The summed E-state index contributed by atoms with van der Waals surface area (Å²) in [6.07, 6.45) is -3.38. The Kier molecular flexibility index (Phi) is 53.0. The summed E-state index contributed by atoms with van der Waals surface area (Å²) in [6, 6.07) is -2.71. The number of carboxylic acids is 1. The van der Waals surface area contributed by atoms with Crippen LogP contribution in [0.25, 0.3) is 0 Å². The summed E-state index contributed by atoms with van der Waals surface area (Å²) in [7, 11) is 4.95. The van der Waals surface area contributed by atoms with Crippen molar-refractivity contribution >= 4 is 69.3 Å². The number of ether oxygens (including phenoxy) is 14. The number of aliphatic hydroxyl groups is 10. The summed E-state index contributed by atoms with van der Waals surface area (Å²) >= 11 is 0. The summed E-state index contributed by atoms with van der Waals surface area (Å²) in [5.74, 6) is 2.06. The van der Waals surface area contributed by atoms with Crippen LogP contribution in [0.1, 0.15) is 156 Å². The Morgan fingerprint density at radius 3 is 1.41 bits per heavy atom. The van der Waals surface area contributed by atoms with Crippen molar-refractivity contribution < 1.29 is 161 Å². The minimum Gasteiger partial charge on any atom is -0.481 e. The number of esters is 2. The number of aliphatic carboxylic acids is 1. The minimum atomic E-state index is -2.16. The van der Waals surface area contributed by atoms with Crippen molar-refractivity contribution in [3.63, 3.8) is 0 Å². The fourth-order valence-corrected chi connectivity index (χ4v) is 15.3. The first kappa shape index (κ1) is 106. The highest BCUT2D eigenvalue weighted by atomic mass is 33.1. The summed E-state index contributed by atoms with van der Waals surface area (Å²) in [5.41, 5.74) is 0. The molecule has 4 heterocycles. The number of amides is 4. The zero-order valence-electron chi connectivity index (χ0n) is 70.1. The van der Waals surface area contributed by atoms with E-state index in [-0.39, 0.29) is 114 Å². The maximum atomic E-state index is 13.8. The maximum Gasteiger partial charge on any atom is 0.408 e. The van der Waals surface area contributed by atoms with Crippen molar-refractivity contribution in [3.05, 3.63) is 72.9 Å². The van der Waals surface area contributed by atoms with Gasteiger partial charge in [-0.15, -0.1) is 5.92 Å². The first-order valence-electron chi connectivity index (χ1n) is 41.9. The van der Waals surface area contributed by atoms with E-state index < -0.39 is 191 Å². The number of unbranched alkanes of at least 4 members (excludes halogenated alkanes) is 2. The molecule has 0 aromatic rings. The van der Waals surface area contributed by atoms with Gasteiger partial charge in [-0.1, -0.05) is 114 Å². The molecule has 0 aromatic heterocycles. The molecule has 0 saturated carbocycles. The second kappa shape index (κ2) is 61.0. The maximum absolute atomic E-state index is 13.8. The van der Waals surface area contributed by atoms with E-state index in [9.17, 15) is 94.5 Å². The van der Waals surface area contributed by atoms with Crippen molar-refractivity contribution in [1.29, 1.82) is 0 Å². The summed E-state index contributed by atoms with van der Waals surface area (Å²) in [4.78, 5) is 104. The molecule has 5 aliphatic rings. The van der Waals surface area contributed by atoms with Crippen LogP contribution in [0.3, 0.4) is 0 Å². The molecule has 4 fully saturated rings. The van der Waals surface area contributed by atoms with Gasteiger partial charge in [-0.2, -0.15) is 0 Å². The van der Waals surface area contributed by atoms with Gasteiger partial charge in [-0.05, 0) is 117 Å². The molecule has 0 radical (unpaired) electrons. The number of nitrogens with one attached hydrogen (secondary N) is 4. The second-order valence-electron chi connectivity index (χ2n) is 29.4. The van der Waals surface area contributed by atoms with E-state index in [1.807, 2.05) is 12.2 Å². The van der Waals surface area contributed by atoms with Crippen molar-refractivity contribution in [3.8, 4) is 11.8 Å². The van der Waals surface area contributed by atoms with Crippen molar-refractivity contribution in [1.82, 2.24) is 21.3 Å². The molecule has 0 spiro atoms. The fourth-order valence-electron chi connectivity index (χ4n) is 13.0. The summed E-state index contributed by atoms with van der Waals surface area (Å²) < 4.78 is 78.0. The van der Waals surface area contributed by atoms with Crippen molar-refractivity contribution in [2.75, 3.05) is 85.1 Å². The average molecular weight is 1780 g/mol. The van der Waals surface area contributed by atoms with Gasteiger partial charge in [0.25, 0.3) is 0 Å². The van der Waals surface area contributed by atoms with Gasteiger partial charge in [0.1, 0.15) is 116 Å². The first-order valence-corrected chi connectivity index (χ1v) is 44.3. The highest BCUT2D eigenvalue weighted by molar-refractivity contribution is 8.76. The predicted molar refractivity (Wildman–Crippen MR) is 441 cm³/mol. The SMILES string of the molecule is CC/C=C\C/C=C\C/C=C\C/C=C\C/C=C\C/C=C\CCC(=O)C[C@H](CSSCCC(=O)NCCCC[C@H](NC(=O)O[C@@H]1C(O)[C@@H](OC)OC(CO[C@@H]2OC(CO[C@H]3OC(CO[C@@H]4OC(COC)[C@@H](O)[C@H](O)C4O)[C@@H](O)[C@H](OC(=O)N[C@@H](CCCCNC(=O)COC4C#CCCCCC4)C(=O)OCC)C3O)[C@@H](O)[C@H](O)C2O)[C@H]1O)C(=O)OCC)C(=O)O. The Morgan fingerprint density at radius 1 is 0.484 bits per heavy atom. The Hall–Kier alpha value is -6.54. The van der Waals surface area contributed by atoms with Gasteiger partial charge in [-0.3, -0.25) is 19.2 Å². The van der Waals surface area contributed by atoms with Crippen LogP contribution in [0, 0.1) is 17.8 Å². The van der Waals surface area contributed by atoms with E-state index in [0.717, 1.165) is 71.3 Å². The molecule has 24 atom stereocenters. The third-order valence-corrected chi connectivity index (χ3v) is 22.4. The molecule has 122 heavy (non-hydrogen) atoms. The molecule has 37 nitrogen and oxygen atoms in total. The number of alkyl carbamates (subject to hydrolysis) is 2. The fraction of sp³-hybridized carbons (Fsp3) is 0.735. The number of ketones is 1. The lowest BCUT2D eigenvalue weighted by Gasteiger charge is -2.45. The van der Waals surface area contributed by atoms with Gasteiger partial charge in [0.05, 0.1) is 45.6 Å². The highest BCUT2D eigenvalue weighted by Gasteiger charge is 2.53. The van der Waals surface area contributed by atoms with Crippen LogP contribution in [-0.4, -0.2) is 330 Å². The van der Waals surface area contributed by atoms with E-state index >= 15 is 0 Å². The minimum absolute atomic E-state index is 0.0290. The summed E-state index contributed by atoms with van der Waals surface area (Å²) in [5, 5.41) is 132. The van der Waals surface area contributed by atoms with Crippen LogP contribution in [-0.2, 0) is 95.1 Å². The van der Waals surface area contributed by atoms with E-state index in [1.165, 1.54) is 42.5 Å². The van der Waals surface area contributed by atoms with Crippen molar-refractivity contribution in [2.24, 2.45) is 5.92 Å². The molecule has 692 valence electrons. The number of carboxylic acid groups (broad SMARTS) is 1. The Balaban J connectivity index is 1.09. The van der Waals surface area contributed by atoms with Crippen LogP contribution in [0.5, 0.6) is 0 Å². The highest BCUT2D eigenvalue weighted by Crippen LogP contribution is 2.33. The molecule has 9 unspecified atom stereocenters. The van der Waals surface area contributed by atoms with Crippen molar-refractivity contribution in [2.45, 2.75) is 297 Å².